The molecule has 0 unspecified atom stereocenters. The van der Waals surface area contributed by atoms with Gasteiger partial charge in [0.05, 0.1) is 6.54 Å². The molecule has 24 heavy (non-hydrogen) atoms. The molecule has 0 radical (unpaired) electrons. The summed E-state index contributed by atoms with van der Waals surface area (Å²) in [5, 5.41) is 14.9. The Hall–Kier alpha value is -2.54. The zero-order valence-corrected chi connectivity index (χ0v) is 14.5. The summed E-state index contributed by atoms with van der Waals surface area (Å²) in [6.07, 6.45) is 4.03. The lowest BCUT2D eigenvalue weighted by molar-refractivity contribution is 0.762. The van der Waals surface area contributed by atoms with Crippen molar-refractivity contribution < 1.29 is 0 Å². The number of aromatic nitrogens is 3. The number of nitrogens with zero attached hydrogens (tertiary/aromatic N) is 4. The highest BCUT2D eigenvalue weighted by Gasteiger charge is 2.05. The van der Waals surface area contributed by atoms with E-state index in [2.05, 4.69) is 56.3 Å². The molecule has 0 saturated carbocycles. The molecule has 2 heterocycles. The van der Waals surface area contributed by atoms with E-state index in [-0.39, 0.29) is 0 Å². The Kier molecular flexibility index (Phi) is 5.32. The van der Waals surface area contributed by atoms with E-state index in [4.69, 9.17) is 0 Å². The van der Waals surface area contributed by atoms with Crippen molar-refractivity contribution in [1.82, 2.24) is 25.2 Å². The van der Waals surface area contributed by atoms with E-state index in [0.717, 1.165) is 24.0 Å². The summed E-state index contributed by atoms with van der Waals surface area (Å²) in [6.45, 7) is 1.27. The molecule has 0 aliphatic carbocycles. The Morgan fingerprint density at radius 3 is 2.62 bits per heavy atom. The second-order valence-electron chi connectivity index (χ2n) is 5.17. The van der Waals surface area contributed by atoms with Gasteiger partial charge in [-0.1, -0.05) is 18.2 Å². The van der Waals surface area contributed by atoms with Crippen molar-refractivity contribution in [2.24, 2.45) is 4.99 Å². The maximum atomic E-state index is 4.25. The molecule has 0 spiro atoms. The number of thioether (sulfide) groups is 1. The normalized spacial score (nSPS) is 11.7. The fraction of sp³-hybridized carbons (Fsp3) is 0.235. The Morgan fingerprint density at radius 1 is 1.08 bits per heavy atom. The number of aliphatic imine (C=N–C) groups is 1. The second kappa shape index (κ2) is 7.83. The van der Waals surface area contributed by atoms with Crippen LogP contribution in [0.5, 0.6) is 0 Å². The zero-order chi connectivity index (χ0) is 16.8. The van der Waals surface area contributed by atoms with Crippen LogP contribution < -0.4 is 10.6 Å². The third kappa shape index (κ3) is 3.86. The van der Waals surface area contributed by atoms with Gasteiger partial charge in [-0.3, -0.25) is 9.39 Å². The molecule has 124 valence electrons. The summed E-state index contributed by atoms with van der Waals surface area (Å²) in [5.74, 6) is 1.58. The van der Waals surface area contributed by atoms with Crippen LogP contribution in [-0.4, -0.2) is 33.9 Å². The summed E-state index contributed by atoms with van der Waals surface area (Å²) < 4.78 is 1.96. The van der Waals surface area contributed by atoms with Gasteiger partial charge in [-0.25, -0.2) is 0 Å². The van der Waals surface area contributed by atoms with Crippen molar-refractivity contribution >= 4 is 23.4 Å². The average Bonchev–Trinajstić information content (AvgIpc) is 3.05. The third-order valence-corrected chi connectivity index (χ3v) is 4.38. The Labute approximate surface area is 145 Å². The number of pyridine rings is 1. The lowest BCUT2D eigenvalue weighted by Crippen LogP contribution is -2.36. The van der Waals surface area contributed by atoms with Crippen molar-refractivity contribution in [3.05, 3.63) is 60.0 Å². The molecule has 0 saturated heterocycles. The van der Waals surface area contributed by atoms with Gasteiger partial charge < -0.3 is 10.6 Å². The number of rotatable bonds is 5. The van der Waals surface area contributed by atoms with Crippen molar-refractivity contribution in [1.29, 1.82) is 0 Å². The summed E-state index contributed by atoms with van der Waals surface area (Å²) in [7, 11) is 1.76. The lowest BCUT2D eigenvalue weighted by Gasteiger charge is -2.11. The molecule has 1 aromatic carbocycles. The summed E-state index contributed by atoms with van der Waals surface area (Å²) in [4.78, 5) is 5.51. The first-order valence-electron chi connectivity index (χ1n) is 7.66. The van der Waals surface area contributed by atoms with Crippen LogP contribution in [0.25, 0.3) is 5.65 Å². The molecule has 7 heteroatoms. The lowest BCUT2D eigenvalue weighted by atomic mass is 10.2. The van der Waals surface area contributed by atoms with Gasteiger partial charge in [0.25, 0.3) is 0 Å². The van der Waals surface area contributed by atoms with Crippen LogP contribution in [0.1, 0.15) is 11.4 Å². The number of hydrogen-bond donors (Lipinski definition) is 2. The van der Waals surface area contributed by atoms with Crippen LogP contribution in [0.15, 0.2) is 58.5 Å². The Bertz CT molecular complexity index is 824. The van der Waals surface area contributed by atoms with E-state index in [1.807, 2.05) is 28.8 Å². The van der Waals surface area contributed by atoms with Crippen LogP contribution in [0.2, 0.25) is 0 Å². The molecular formula is C17H20N6S. The molecule has 3 aromatic rings. The summed E-state index contributed by atoms with van der Waals surface area (Å²) in [6, 6.07) is 14.3. The predicted octanol–water partition coefficient (Wildman–Crippen LogP) is 2.32. The fourth-order valence-electron chi connectivity index (χ4n) is 2.32. The molecule has 0 atom stereocenters. The monoisotopic (exact) mass is 340 g/mol. The minimum absolute atomic E-state index is 0.552. The van der Waals surface area contributed by atoms with Gasteiger partial charge >= 0.3 is 0 Å². The van der Waals surface area contributed by atoms with Crippen LogP contribution >= 0.6 is 11.8 Å². The molecule has 0 amide bonds. The minimum Gasteiger partial charge on any atom is -0.352 e. The van der Waals surface area contributed by atoms with Gasteiger partial charge in [0.2, 0.25) is 0 Å². The first-order valence-corrected chi connectivity index (χ1v) is 8.88. The van der Waals surface area contributed by atoms with Gasteiger partial charge in [0.1, 0.15) is 0 Å². The van der Waals surface area contributed by atoms with Crippen molar-refractivity contribution in [2.45, 2.75) is 18.0 Å². The average molecular weight is 340 g/mol. The van der Waals surface area contributed by atoms with Crippen LogP contribution in [0.4, 0.5) is 0 Å². The summed E-state index contributed by atoms with van der Waals surface area (Å²) in [5.41, 5.74) is 2.05. The van der Waals surface area contributed by atoms with Gasteiger partial charge in [0, 0.05) is 24.7 Å². The molecule has 0 fully saturated rings. The van der Waals surface area contributed by atoms with Crippen LogP contribution in [0.3, 0.4) is 0 Å². The molecule has 0 aliphatic heterocycles. The quantitative estimate of drug-likeness (QED) is 0.424. The van der Waals surface area contributed by atoms with E-state index >= 15 is 0 Å². The van der Waals surface area contributed by atoms with Crippen molar-refractivity contribution in [2.75, 3.05) is 13.3 Å². The predicted molar refractivity (Wildman–Crippen MR) is 98.2 cm³/mol. The van der Waals surface area contributed by atoms with Crippen molar-refractivity contribution in [3.8, 4) is 0 Å². The minimum atomic E-state index is 0.552. The van der Waals surface area contributed by atoms with E-state index < -0.39 is 0 Å². The van der Waals surface area contributed by atoms with E-state index in [9.17, 15) is 0 Å². The van der Waals surface area contributed by atoms with Gasteiger partial charge in [0.15, 0.2) is 17.4 Å². The zero-order valence-electron chi connectivity index (χ0n) is 13.7. The third-order valence-electron chi connectivity index (χ3n) is 3.64. The number of guanidine groups is 1. The highest BCUT2D eigenvalue weighted by Crippen LogP contribution is 2.14. The first kappa shape index (κ1) is 16.3. The standard InChI is InChI=1S/C17H20N6S/c1-18-17(19-11-13-6-8-14(24-2)9-7-13)20-12-16-22-21-15-5-3-4-10-23(15)16/h3-10H,11-12H2,1-2H3,(H2,18,19,20). The van der Waals surface area contributed by atoms with E-state index in [0.29, 0.717) is 6.54 Å². The topological polar surface area (TPSA) is 66.6 Å². The number of fused-ring (bicyclic) bond motifs is 1. The van der Waals surface area contributed by atoms with E-state index in [1.54, 1.807) is 18.8 Å². The molecule has 2 aromatic heterocycles. The largest absolute Gasteiger partial charge is 0.352 e. The van der Waals surface area contributed by atoms with Crippen LogP contribution in [0, 0.1) is 0 Å². The maximum Gasteiger partial charge on any atom is 0.191 e. The van der Waals surface area contributed by atoms with Gasteiger partial charge in [-0.2, -0.15) is 0 Å². The molecule has 6 nitrogen and oxygen atoms in total. The van der Waals surface area contributed by atoms with Crippen LogP contribution in [-0.2, 0) is 13.1 Å². The van der Waals surface area contributed by atoms with Crippen molar-refractivity contribution in [3.63, 3.8) is 0 Å². The number of nitrogens with one attached hydrogen (secondary N) is 2. The van der Waals surface area contributed by atoms with Gasteiger partial charge in [-0.15, -0.1) is 22.0 Å². The molecule has 3 rings (SSSR count). The fourth-order valence-corrected chi connectivity index (χ4v) is 2.73. The SMILES string of the molecule is CN=C(NCc1ccc(SC)cc1)NCc1nnc2ccccn12. The second-order valence-corrected chi connectivity index (χ2v) is 6.05. The number of benzene rings is 1. The van der Waals surface area contributed by atoms with E-state index in [1.165, 1.54) is 10.5 Å². The molecule has 0 bridgehead atoms. The highest BCUT2D eigenvalue weighted by molar-refractivity contribution is 7.98. The molecule has 0 aliphatic rings. The Balaban J connectivity index is 1.56. The number of hydrogen-bond acceptors (Lipinski definition) is 4. The molecular weight excluding hydrogens is 320 g/mol. The maximum absolute atomic E-state index is 4.25. The smallest absolute Gasteiger partial charge is 0.191 e. The summed E-state index contributed by atoms with van der Waals surface area (Å²) >= 11 is 1.74. The van der Waals surface area contributed by atoms with Gasteiger partial charge in [-0.05, 0) is 36.1 Å². The first-order chi connectivity index (χ1) is 11.8. The Morgan fingerprint density at radius 2 is 1.88 bits per heavy atom. The highest BCUT2D eigenvalue weighted by atomic mass is 32.2. The molecule has 2 N–H and O–H groups in total.